The molecule has 2 heterocycles. The molecule has 5 rings (SSSR count). The molecule has 0 aromatic heterocycles. The molecule has 4 heteroatoms. The van der Waals surface area contributed by atoms with Crippen molar-refractivity contribution >= 4 is 5.97 Å². The van der Waals surface area contributed by atoms with Crippen LogP contribution in [0.4, 0.5) is 0 Å². The van der Waals surface area contributed by atoms with Crippen LogP contribution in [0, 0.1) is 6.92 Å². The second-order valence-corrected chi connectivity index (χ2v) is 10.8. The van der Waals surface area contributed by atoms with Crippen LogP contribution in [0.2, 0.25) is 0 Å². The van der Waals surface area contributed by atoms with Gasteiger partial charge >= 0.3 is 5.97 Å². The molecule has 0 N–H and O–H groups in total. The van der Waals surface area contributed by atoms with E-state index in [1.807, 2.05) is 31.2 Å². The highest BCUT2D eigenvalue weighted by Gasteiger charge is 2.52. The molecule has 1 saturated carbocycles. The predicted octanol–water partition coefficient (Wildman–Crippen LogP) is 3.54. The fraction of sp³-hybridized carbons (Fsp3) is 0.552. The van der Waals surface area contributed by atoms with Crippen molar-refractivity contribution in [1.29, 1.82) is 0 Å². The molecule has 178 valence electrons. The lowest BCUT2D eigenvalue weighted by atomic mass is 9.84. The summed E-state index contributed by atoms with van der Waals surface area (Å²) < 4.78 is 7.09. The van der Waals surface area contributed by atoms with Crippen LogP contribution in [-0.4, -0.2) is 35.7 Å². The van der Waals surface area contributed by atoms with Crippen molar-refractivity contribution in [1.82, 2.24) is 0 Å². The van der Waals surface area contributed by atoms with E-state index in [1.165, 1.54) is 50.5 Å². The summed E-state index contributed by atoms with van der Waals surface area (Å²) in [4.78, 5) is 12.6. The zero-order valence-electron chi connectivity index (χ0n) is 20.1. The zero-order chi connectivity index (χ0) is 22.1. The molecular formula is C29H38BrNO2. The van der Waals surface area contributed by atoms with Gasteiger partial charge in [0.25, 0.3) is 0 Å². The third-order valence-electron chi connectivity index (χ3n) is 8.71. The second kappa shape index (κ2) is 10.3. The first-order valence-electron chi connectivity index (χ1n) is 12.7. The number of benzene rings is 2. The smallest absolute Gasteiger partial charge is 0.338 e. The van der Waals surface area contributed by atoms with E-state index >= 15 is 0 Å². The van der Waals surface area contributed by atoms with E-state index in [-0.39, 0.29) is 29.1 Å². The maximum absolute atomic E-state index is 12.6. The summed E-state index contributed by atoms with van der Waals surface area (Å²) in [5, 5.41) is 0. The number of hydrogen-bond acceptors (Lipinski definition) is 2. The Hall–Kier alpha value is -1.65. The molecule has 2 bridgehead atoms. The lowest BCUT2D eigenvalue weighted by molar-refractivity contribution is -0.961. The van der Waals surface area contributed by atoms with Crippen molar-refractivity contribution in [3.8, 4) is 0 Å². The molecule has 2 saturated heterocycles. The minimum Gasteiger partial charge on any atom is -1.00 e. The quantitative estimate of drug-likeness (QED) is 0.453. The van der Waals surface area contributed by atoms with Crippen molar-refractivity contribution in [2.75, 3.05) is 7.05 Å². The normalized spacial score (nSPS) is 29.3. The molecule has 0 spiro atoms. The predicted molar refractivity (Wildman–Crippen MR) is 129 cm³/mol. The molecule has 2 aliphatic heterocycles. The molecule has 2 unspecified atom stereocenters. The number of carbonyl (C=O) groups is 1. The van der Waals surface area contributed by atoms with Gasteiger partial charge in [0, 0.05) is 31.2 Å². The van der Waals surface area contributed by atoms with Gasteiger partial charge in [-0.3, -0.25) is 0 Å². The highest BCUT2D eigenvalue weighted by molar-refractivity contribution is 5.89. The maximum atomic E-state index is 12.6. The topological polar surface area (TPSA) is 26.3 Å². The number of halogens is 1. The molecule has 2 aromatic rings. The van der Waals surface area contributed by atoms with Gasteiger partial charge in [0.15, 0.2) is 0 Å². The van der Waals surface area contributed by atoms with Gasteiger partial charge in [-0.15, -0.1) is 0 Å². The Morgan fingerprint density at radius 3 is 2.09 bits per heavy atom. The van der Waals surface area contributed by atoms with Crippen molar-refractivity contribution in [2.24, 2.45) is 0 Å². The number of ether oxygens (including phenoxy) is 1. The van der Waals surface area contributed by atoms with E-state index in [9.17, 15) is 4.79 Å². The molecule has 2 aromatic carbocycles. The van der Waals surface area contributed by atoms with Gasteiger partial charge in [0.2, 0.25) is 0 Å². The van der Waals surface area contributed by atoms with Crippen molar-refractivity contribution < 1.29 is 31.0 Å². The van der Waals surface area contributed by atoms with E-state index < -0.39 is 0 Å². The molecule has 4 atom stereocenters. The summed E-state index contributed by atoms with van der Waals surface area (Å²) in [5.74, 6) is 0.613. The van der Waals surface area contributed by atoms with Gasteiger partial charge in [-0.2, -0.15) is 0 Å². The Bertz CT molecular complexity index is 919. The highest BCUT2D eigenvalue weighted by Crippen LogP contribution is 2.44. The number of hydrogen-bond donors (Lipinski definition) is 0. The number of fused-ring (bicyclic) bond motifs is 2. The average Bonchev–Trinajstić information content (AvgIpc) is 2.97. The maximum Gasteiger partial charge on any atom is 0.338 e. The van der Waals surface area contributed by atoms with Crippen LogP contribution in [0.1, 0.15) is 90.8 Å². The van der Waals surface area contributed by atoms with Gasteiger partial charge in [-0.05, 0) is 43.4 Å². The van der Waals surface area contributed by atoms with E-state index in [1.54, 1.807) is 5.56 Å². The zero-order valence-corrected chi connectivity index (χ0v) is 21.7. The van der Waals surface area contributed by atoms with E-state index in [2.05, 4.69) is 31.3 Å². The minimum absolute atomic E-state index is 0. The number of quaternary nitrogens is 1. The van der Waals surface area contributed by atoms with Crippen LogP contribution < -0.4 is 17.0 Å². The summed E-state index contributed by atoms with van der Waals surface area (Å²) in [7, 11) is 2.44. The third kappa shape index (κ3) is 5.22. The largest absolute Gasteiger partial charge is 1.00 e. The number of carbonyl (C=O) groups excluding carboxylic acids is 1. The van der Waals surface area contributed by atoms with E-state index in [0.717, 1.165) is 35.4 Å². The van der Waals surface area contributed by atoms with Crippen LogP contribution >= 0.6 is 0 Å². The Labute approximate surface area is 209 Å². The Morgan fingerprint density at radius 1 is 0.879 bits per heavy atom. The Kier molecular flexibility index (Phi) is 7.65. The molecule has 1 aliphatic carbocycles. The molecule has 3 nitrogen and oxygen atoms in total. The van der Waals surface area contributed by atoms with Crippen LogP contribution in [0.3, 0.4) is 0 Å². The fourth-order valence-electron chi connectivity index (χ4n) is 6.68. The first kappa shape index (κ1) is 24.5. The van der Waals surface area contributed by atoms with Gasteiger partial charge in [-0.1, -0.05) is 61.2 Å². The first-order chi connectivity index (χ1) is 15.5. The van der Waals surface area contributed by atoms with Crippen molar-refractivity contribution in [2.45, 2.75) is 95.4 Å². The van der Waals surface area contributed by atoms with Crippen molar-refractivity contribution in [3.05, 3.63) is 70.8 Å². The number of esters is 1. The van der Waals surface area contributed by atoms with Gasteiger partial charge < -0.3 is 26.2 Å². The Morgan fingerprint density at radius 2 is 1.48 bits per heavy atom. The van der Waals surface area contributed by atoms with Crippen LogP contribution in [-0.2, 0) is 11.3 Å². The van der Waals surface area contributed by atoms with Gasteiger partial charge in [0.05, 0.1) is 24.7 Å². The molecule has 3 fully saturated rings. The number of aryl methyl sites for hydroxylation is 1. The van der Waals surface area contributed by atoms with Crippen molar-refractivity contribution in [3.63, 3.8) is 0 Å². The van der Waals surface area contributed by atoms with E-state index in [4.69, 9.17) is 4.74 Å². The summed E-state index contributed by atoms with van der Waals surface area (Å²) >= 11 is 0. The Balaban J connectivity index is 0.00000259. The minimum atomic E-state index is -0.163. The first-order valence-corrected chi connectivity index (χ1v) is 12.7. The second-order valence-electron chi connectivity index (χ2n) is 10.8. The molecule has 0 amide bonds. The number of rotatable bonds is 5. The number of nitrogens with zero attached hydrogens (tertiary/aromatic N) is 1. The molecule has 0 radical (unpaired) electrons. The van der Waals surface area contributed by atoms with Crippen LogP contribution in [0.5, 0.6) is 0 Å². The van der Waals surface area contributed by atoms with Crippen LogP contribution in [0.15, 0.2) is 48.5 Å². The summed E-state index contributed by atoms with van der Waals surface area (Å²) in [6.07, 6.45) is 11.5. The summed E-state index contributed by atoms with van der Waals surface area (Å²) in [6.45, 7) is 3.13. The van der Waals surface area contributed by atoms with Gasteiger partial charge in [0.1, 0.15) is 12.6 Å². The fourth-order valence-corrected chi connectivity index (χ4v) is 6.68. The lowest BCUT2D eigenvalue weighted by Gasteiger charge is -2.47. The third-order valence-corrected chi connectivity index (χ3v) is 8.71. The molecule has 33 heavy (non-hydrogen) atoms. The van der Waals surface area contributed by atoms with Gasteiger partial charge in [-0.25, -0.2) is 4.79 Å². The number of piperidine rings is 1. The summed E-state index contributed by atoms with van der Waals surface area (Å²) in [6, 6.07) is 18.5. The lowest BCUT2D eigenvalue weighted by Crippen LogP contribution is -3.00. The molecule has 3 aliphatic rings. The average molecular weight is 513 g/mol. The van der Waals surface area contributed by atoms with E-state index in [0.29, 0.717) is 17.6 Å². The standard InChI is InChI=1S/C29H38NO2.BrH/c1-21-8-12-25(13-9-21)29(31)32-28-18-26-16-17-27(19-28)30(26,2)20-22-10-14-24(15-11-22)23-6-4-3-5-7-23;/h8-15,23,26-28H,3-7,16-20H2,1-2H3;1H/q+1;/p-1/t26-,27+,28?,30?;. The summed E-state index contributed by atoms with van der Waals surface area (Å²) in [5.41, 5.74) is 4.83. The molecular weight excluding hydrogens is 474 g/mol. The van der Waals surface area contributed by atoms with Crippen LogP contribution in [0.25, 0.3) is 0 Å². The highest BCUT2D eigenvalue weighted by atomic mass is 79.9. The monoisotopic (exact) mass is 511 g/mol. The SMILES string of the molecule is Cc1ccc(C(=O)OC2C[C@H]3CC[C@@H](C2)[N+]3(C)Cc2ccc(C3CCCCC3)cc2)cc1.[Br-].